The fraction of sp³-hybridized carbons (Fsp3) is 0.250. The summed E-state index contributed by atoms with van der Waals surface area (Å²) >= 11 is 5.73. The van der Waals surface area contributed by atoms with Crippen LogP contribution in [0.2, 0.25) is 0 Å². The van der Waals surface area contributed by atoms with Gasteiger partial charge in [0.1, 0.15) is 47.3 Å². The van der Waals surface area contributed by atoms with Crippen LogP contribution in [0, 0.1) is 0 Å². The number of fused-ring (bicyclic) bond motifs is 2. The molecule has 1 aliphatic carbocycles. The fourth-order valence-electron chi connectivity index (χ4n) is 9.65. The summed E-state index contributed by atoms with van der Waals surface area (Å²) in [5, 5.41) is 72.4. The molecule has 7 rings (SSSR count). The van der Waals surface area contributed by atoms with Crippen LogP contribution in [0.1, 0.15) is 59.2 Å². The number of aromatic carboxylic acids is 1. The lowest BCUT2D eigenvalue weighted by molar-refractivity contribution is -0.141. The molecule has 0 aromatic heterocycles. The summed E-state index contributed by atoms with van der Waals surface area (Å²) in [7, 11) is 0. The Hall–Kier alpha value is -11.2. The highest BCUT2D eigenvalue weighted by molar-refractivity contribution is 7.80. The Balaban J connectivity index is 0.967. The van der Waals surface area contributed by atoms with E-state index < -0.39 is 122 Å². The van der Waals surface area contributed by atoms with E-state index in [4.69, 9.17) is 21.7 Å². The molecule has 5 aromatic carbocycles. The summed E-state index contributed by atoms with van der Waals surface area (Å²) in [5.74, 6) is -9.19. The van der Waals surface area contributed by atoms with Gasteiger partial charge in [-0.2, -0.15) is 0 Å². The summed E-state index contributed by atoms with van der Waals surface area (Å²) in [6, 6.07) is 31.5. The maximum absolute atomic E-state index is 14.5. The first-order valence-electron chi connectivity index (χ1n) is 28.5. The number of amides is 7. The minimum atomic E-state index is -1.70. The molecule has 7 amide bonds. The monoisotopic (exact) mass is 1260 g/mol. The van der Waals surface area contributed by atoms with Gasteiger partial charge in [0, 0.05) is 73.1 Å². The Morgan fingerprint density at radius 2 is 1.08 bits per heavy atom. The zero-order valence-corrected chi connectivity index (χ0v) is 49.4. The van der Waals surface area contributed by atoms with Gasteiger partial charge in [-0.15, -0.1) is 0 Å². The van der Waals surface area contributed by atoms with E-state index >= 15 is 0 Å². The van der Waals surface area contributed by atoms with Gasteiger partial charge < -0.3 is 77.8 Å². The van der Waals surface area contributed by atoms with E-state index in [0.717, 1.165) is 5.56 Å². The van der Waals surface area contributed by atoms with Crippen molar-refractivity contribution in [3.05, 3.63) is 178 Å². The molecule has 26 nitrogen and oxygen atoms in total. The van der Waals surface area contributed by atoms with Crippen molar-refractivity contribution in [1.29, 1.82) is 0 Å². The number of hydrogen-bond acceptors (Lipinski definition) is 14. The maximum atomic E-state index is 14.5. The molecule has 91 heavy (non-hydrogen) atoms. The van der Waals surface area contributed by atoms with Crippen LogP contribution < -0.4 is 53.3 Å². The van der Waals surface area contributed by atoms with Gasteiger partial charge in [-0.25, -0.2) is 19.2 Å². The van der Waals surface area contributed by atoms with E-state index in [-0.39, 0.29) is 76.8 Å². The molecular weight excluding hydrogens is 1200 g/mol. The molecule has 474 valence electrons. The highest BCUT2D eigenvalue weighted by Crippen LogP contribution is 2.42. The van der Waals surface area contributed by atoms with Gasteiger partial charge in [0.25, 0.3) is 0 Å². The lowest BCUT2D eigenvalue weighted by Gasteiger charge is -2.25. The second kappa shape index (κ2) is 32.7. The minimum absolute atomic E-state index is 0.0171. The number of thiocarbonyl (C=S) groups is 1. The second-order valence-electron chi connectivity index (χ2n) is 20.8. The molecule has 5 aromatic rings. The molecule has 1 aliphatic heterocycles. The zero-order valence-electron chi connectivity index (χ0n) is 48.6. The van der Waals surface area contributed by atoms with E-state index in [0.29, 0.717) is 34.1 Å². The summed E-state index contributed by atoms with van der Waals surface area (Å²) in [5.41, 5.74) is 3.24. The number of aliphatic carboxylic acids is 3. The second-order valence-corrected chi connectivity index (χ2v) is 21.3. The number of carbonyl (C=O) groups excluding carboxylic acids is 6. The number of hydrogen-bond donors (Lipinski definition) is 14. The predicted molar refractivity (Wildman–Crippen MR) is 335 cm³/mol. The van der Waals surface area contributed by atoms with Crippen LogP contribution in [0.4, 0.5) is 10.5 Å². The molecule has 0 saturated heterocycles. The van der Waals surface area contributed by atoms with E-state index in [9.17, 15) is 73.2 Å². The van der Waals surface area contributed by atoms with Crippen molar-refractivity contribution in [2.75, 3.05) is 25.0 Å². The summed E-state index contributed by atoms with van der Waals surface area (Å²) in [6.45, 7) is -0.858. The third kappa shape index (κ3) is 20.4. The Bertz CT molecular complexity index is 3840. The lowest BCUT2D eigenvalue weighted by Crippen LogP contribution is -2.55. The van der Waals surface area contributed by atoms with Gasteiger partial charge in [-0.3, -0.25) is 33.6 Å². The van der Waals surface area contributed by atoms with Crippen LogP contribution in [0.5, 0.6) is 5.75 Å². The third-order valence-corrected chi connectivity index (χ3v) is 14.4. The molecule has 1 heterocycles. The lowest BCUT2D eigenvalue weighted by atomic mass is 9.90. The largest absolute Gasteiger partial charge is 0.508 e. The van der Waals surface area contributed by atoms with E-state index in [1.54, 1.807) is 78.9 Å². The number of aryl methyl sites for hydroxylation is 1. The third-order valence-electron chi connectivity index (χ3n) is 14.2. The fourth-order valence-corrected chi connectivity index (χ4v) is 9.91. The molecule has 0 saturated carbocycles. The van der Waals surface area contributed by atoms with Gasteiger partial charge in [0.05, 0.1) is 12.1 Å². The number of carboxylic acid groups (broad SMARTS) is 4. The summed E-state index contributed by atoms with van der Waals surface area (Å²) in [4.78, 5) is 141. The smallest absolute Gasteiger partial charge is 0.336 e. The number of rotatable bonds is 31. The van der Waals surface area contributed by atoms with Crippen LogP contribution in [0.15, 0.2) is 155 Å². The van der Waals surface area contributed by atoms with Crippen molar-refractivity contribution in [3.63, 3.8) is 0 Å². The van der Waals surface area contributed by atoms with Crippen LogP contribution in [-0.4, -0.2) is 140 Å². The molecule has 0 fully saturated rings. The first-order chi connectivity index (χ1) is 43.6. The number of phenolic OH excluding ortho intramolecular Hbond substituents is 1. The van der Waals surface area contributed by atoms with Crippen molar-refractivity contribution in [3.8, 4) is 28.2 Å². The normalized spacial score (nSPS) is 12.5. The number of urea groups is 1. The molecule has 0 bridgehead atoms. The number of anilines is 1. The van der Waals surface area contributed by atoms with E-state index in [2.05, 4.69) is 42.5 Å². The number of carbonyl (C=O) groups is 10. The number of aromatic hydroxyl groups is 1. The number of benzene rings is 6. The van der Waals surface area contributed by atoms with Gasteiger partial charge in [-0.05, 0) is 96.6 Å². The van der Waals surface area contributed by atoms with Gasteiger partial charge in [0.2, 0.25) is 29.5 Å². The van der Waals surface area contributed by atoms with Crippen molar-refractivity contribution in [1.82, 2.24) is 42.5 Å². The van der Waals surface area contributed by atoms with Crippen molar-refractivity contribution < 1.29 is 77.9 Å². The Kier molecular flexibility index (Phi) is 24.2. The van der Waals surface area contributed by atoms with Crippen LogP contribution in [0.3, 0.4) is 0 Å². The Morgan fingerprint density at radius 3 is 1.68 bits per heavy atom. The number of phenols is 1. The highest BCUT2D eigenvalue weighted by Gasteiger charge is 2.30. The SMILES string of the molecule is O=C(O)CC[C@H](NC(=O)N[C@@H](CCC(=O)N[C@@H](Cc1ccccc1)C(=O)NCCNC(=O)CNC(=O)[C@H](CCc1ccccc1)NC(=O)[C@H](Cc1ccccc1)NC(=S)Nc1ccc(-c2c3ccc(=O)cc-3oc3cc(O)ccc23)c(C(=O)O)c1)C(=O)O)C(=O)O. The number of carboxylic acids is 4. The molecule has 2 aliphatic rings. The van der Waals surface area contributed by atoms with Crippen LogP contribution in [-0.2, 0) is 57.6 Å². The van der Waals surface area contributed by atoms with Gasteiger partial charge >= 0.3 is 29.9 Å². The predicted octanol–water partition coefficient (Wildman–Crippen LogP) is 3.91. The van der Waals surface area contributed by atoms with Gasteiger partial charge in [0.15, 0.2) is 10.5 Å². The Morgan fingerprint density at radius 1 is 0.505 bits per heavy atom. The van der Waals surface area contributed by atoms with E-state index in [1.807, 2.05) is 35.6 Å². The van der Waals surface area contributed by atoms with Crippen molar-refractivity contribution in [2.24, 2.45) is 0 Å². The van der Waals surface area contributed by atoms with E-state index in [1.165, 1.54) is 36.4 Å². The molecule has 14 N–H and O–H groups in total. The quantitative estimate of drug-likeness (QED) is 0.0166. The van der Waals surface area contributed by atoms with Crippen LogP contribution in [0.25, 0.3) is 33.4 Å². The molecule has 5 atom stereocenters. The molecule has 0 spiro atoms. The standard InChI is InChI=1S/C64H65N9O17S/c74-40-18-21-43-51(33-40)90-52-34-41(75)19-22-44(52)56(43)42-20-17-39(32-45(42)60(83)84)68-64(91)73-50(31-38-14-8-3-9-15-38)59(82)70-46(23-16-36-10-4-1-5-11-36)57(80)67-35-54(77)65-28-29-66-58(81)49(30-37-12-6-2-7-13-37)69-53(76)26-24-47(61(85)86)71-63(89)72-48(62(87)88)25-27-55(78)79/h1-15,17-22,32-34,46-50,74H,16,23-31,35H2,(H,65,77)(H,66,81)(H,67,80)(H,69,76)(H,70,82)(H,78,79)(H,83,84)(H,85,86)(H,87,88)(H2,68,73,91)(H2,71,72,89)/t46-,47-,48-,49-,50-/m0/s1. The topological polar surface area (TPSA) is 410 Å². The average molecular weight is 1260 g/mol. The maximum Gasteiger partial charge on any atom is 0.336 e. The summed E-state index contributed by atoms with van der Waals surface area (Å²) < 4.78 is 5.95. The van der Waals surface area contributed by atoms with Crippen molar-refractivity contribution >= 4 is 93.4 Å². The minimum Gasteiger partial charge on any atom is -0.508 e. The van der Waals surface area contributed by atoms with Crippen LogP contribution >= 0.6 is 12.2 Å². The zero-order chi connectivity index (χ0) is 65.6. The molecule has 27 heteroatoms. The Labute approximate surface area is 524 Å². The first-order valence-corrected chi connectivity index (χ1v) is 28.9. The first kappa shape index (κ1) is 67.3. The van der Waals surface area contributed by atoms with Crippen molar-refractivity contribution in [2.45, 2.75) is 81.6 Å². The molecule has 0 radical (unpaired) electrons. The van der Waals surface area contributed by atoms with Gasteiger partial charge in [-0.1, -0.05) is 97.1 Å². The number of nitrogens with one attached hydrogen (secondary N) is 9. The summed E-state index contributed by atoms with van der Waals surface area (Å²) in [6.07, 6.45) is -1.64. The average Bonchev–Trinajstić information content (AvgIpc) is 0.759. The molecule has 0 unspecified atom stereocenters. The molecular formula is C64H65N9O17S. The highest BCUT2D eigenvalue weighted by atomic mass is 32.1.